The Morgan fingerprint density at radius 2 is 1.96 bits per heavy atom. The van der Waals surface area contributed by atoms with E-state index in [4.69, 9.17) is 0 Å². The van der Waals surface area contributed by atoms with Gasteiger partial charge in [-0.3, -0.25) is 9.39 Å². The van der Waals surface area contributed by atoms with Crippen LogP contribution in [0.3, 0.4) is 0 Å². The standard InChI is InChI=1S/C19H24N6S/c1-15-6-8-16(9-7-15)14-26-12-10-21-19(20-2)22-13-18-24-23-17-5-3-4-11-25(17)18/h3-9,11H,10,12-14H2,1-2H3,(H2,20,21,22). The molecule has 3 rings (SSSR count). The third-order valence-electron chi connectivity index (χ3n) is 3.95. The number of benzene rings is 1. The Kier molecular flexibility index (Phi) is 6.49. The van der Waals surface area contributed by atoms with Crippen LogP contribution in [0, 0.1) is 6.92 Å². The molecule has 1 aromatic carbocycles. The van der Waals surface area contributed by atoms with E-state index >= 15 is 0 Å². The summed E-state index contributed by atoms with van der Waals surface area (Å²) >= 11 is 1.91. The third-order valence-corrected chi connectivity index (χ3v) is 4.98. The van der Waals surface area contributed by atoms with E-state index in [1.807, 2.05) is 40.6 Å². The van der Waals surface area contributed by atoms with Crippen LogP contribution in [-0.2, 0) is 12.3 Å². The molecule has 7 heteroatoms. The summed E-state index contributed by atoms with van der Waals surface area (Å²) in [4.78, 5) is 4.26. The van der Waals surface area contributed by atoms with Crippen molar-refractivity contribution < 1.29 is 0 Å². The van der Waals surface area contributed by atoms with E-state index in [0.717, 1.165) is 35.5 Å². The summed E-state index contributed by atoms with van der Waals surface area (Å²) in [6.07, 6.45) is 1.96. The van der Waals surface area contributed by atoms with Gasteiger partial charge in [0.1, 0.15) is 0 Å². The number of hydrogen-bond acceptors (Lipinski definition) is 4. The molecule has 136 valence electrons. The molecule has 0 aliphatic heterocycles. The lowest BCUT2D eigenvalue weighted by Gasteiger charge is -2.11. The molecule has 0 unspecified atom stereocenters. The van der Waals surface area contributed by atoms with Crippen molar-refractivity contribution in [3.8, 4) is 0 Å². The average molecular weight is 369 g/mol. The first-order chi connectivity index (χ1) is 12.8. The van der Waals surface area contributed by atoms with Gasteiger partial charge < -0.3 is 10.6 Å². The molecule has 0 aliphatic rings. The predicted octanol–water partition coefficient (Wildman–Crippen LogP) is 2.64. The van der Waals surface area contributed by atoms with E-state index in [9.17, 15) is 0 Å². The second-order valence-corrected chi connectivity index (χ2v) is 7.04. The van der Waals surface area contributed by atoms with Crippen molar-refractivity contribution in [2.45, 2.75) is 19.2 Å². The molecule has 6 nitrogen and oxygen atoms in total. The number of aryl methyl sites for hydroxylation is 1. The maximum Gasteiger partial charge on any atom is 0.191 e. The van der Waals surface area contributed by atoms with Gasteiger partial charge >= 0.3 is 0 Å². The zero-order chi connectivity index (χ0) is 18.2. The van der Waals surface area contributed by atoms with Crippen LogP contribution in [-0.4, -0.2) is 39.9 Å². The Morgan fingerprint density at radius 3 is 2.77 bits per heavy atom. The minimum Gasteiger partial charge on any atom is -0.356 e. The molecule has 0 saturated carbocycles. The number of aliphatic imine (C=N–C) groups is 1. The van der Waals surface area contributed by atoms with Crippen molar-refractivity contribution in [2.24, 2.45) is 4.99 Å². The largest absolute Gasteiger partial charge is 0.356 e. The number of thioether (sulfide) groups is 1. The number of guanidine groups is 1. The molecule has 0 radical (unpaired) electrons. The third kappa shape index (κ3) is 4.98. The van der Waals surface area contributed by atoms with E-state index in [0.29, 0.717) is 6.54 Å². The molecule has 3 aromatic rings. The summed E-state index contributed by atoms with van der Waals surface area (Å²) in [6.45, 7) is 3.54. The molecule has 0 amide bonds. The van der Waals surface area contributed by atoms with Gasteiger partial charge in [0.15, 0.2) is 17.4 Å². The molecule has 0 saturated heterocycles. The van der Waals surface area contributed by atoms with Crippen LogP contribution in [0.4, 0.5) is 0 Å². The van der Waals surface area contributed by atoms with Gasteiger partial charge in [0.05, 0.1) is 6.54 Å². The molecular weight excluding hydrogens is 344 g/mol. The van der Waals surface area contributed by atoms with Crippen molar-refractivity contribution in [3.05, 3.63) is 65.6 Å². The van der Waals surface area contributed by atoms with Gasteiger partial charge in [-0.2, -0.15) is 11.8 Å². The highest BCUT2D eigenvalue weighted by Crippen LogP contribution is 2.12. The quantitative estimate of drug-likeness (QED) is 0.381. The van der Waals surface area contributed by atoms with Crippen LogP contribution in [0.1, 0.15) is 17.0 Å². The lowest BCUT2D eigenvalue weighted by atomic mass is 10.2. The minimum atomic E-state index is 0.571. The minimum absolute atomic E-state index is 0.571. The molecule has 0 aliphatic carbocycles. The number of hydrogen-bond donors (Lipinski definition) is 2. The van der Waals surface area contributed by atoms with Gasteiger partial charge in [0.2, 0.25) is 0 Å². The lowest BCUT2D eigenvalue weighted by molar-refractivity contribution is 0.773. The number of nitrogens with zero attached hydrogens (tertiary/aromatic N) is 4. The summed E-state index contributed by atoms with van der Waals surface area (Å²) in [5.41, 5.74) is 3.51. The second-order valence-electron chi connectivity index (χ2n) is 5.94. The summed E-state index contributed by atoms with van der Waals surface area (Å²) in [5, 5.41) is 15.0. The van der Waals surface area contributed by atoms with Crippen molar-refractivity contribution in [2.75, 3.05) is 19.3 Å². The fourth-order valence-electron chi connectivity index (χ4n) is 2.51. The number of rotatable bonds is 7. The van der Waals surface area contributed by atoms with E-state index in [1.54, 1.807) is 7.05 Å². The first kappa shape index (κ1) is 18.3. The molecular formula is C19H24N6S. The van der Waals surface area contributed by atoms with Gasteiger partial charge in [0.25, 0.3) is 0 Å². The maximum absolute atomic E-state index is 4.26. The second kappa shape index (κ2) is 9.24. The highest BCUT2D eigenvalue weighted by molar-refractivity contribution is 7.98. The Morgan fingerprint density at radius 1 is 1.12 bits per heavy atom. The predicted molar refractivity (Wildman–Crippen MR) is 109 cm³/mol. The number of pyridine rings is 1. The number of nitrogens with one attached hydrogen (secondary N) is 2. The van der Waals surface area contributed by atoms with Crippen LogP contribution in [0.25, 0.3) is 5.65 Å². The molecule has 2 aromatic heterocycles. The Bertz CT molecular complexity index is 856. The number of aromatic nitrogens is 3. The zero-order valence-corrected chi connectivity index (χ0v) is 16.0. The molecule has 26 heavy (non-hydrogen) atoms. The van der Waals surface area contributed by atoms with Crippen LogP contribution in [0.15, 0.2) is 53.7 Å². The highest BCUT2D eigenvalue weighted by atomic mass is 32.2. The van der Waals surface area contributed by atoms with Gasteiger partial charge in [-0.05, 0) is 24.6 Å². The van der Waals surface area contributed by atoms with Crippen molar-refractivity contribution >= 4 is 23.4 Å². The van der Waals surface area contributed by atoms with Gasteiger partial charge in [-0.25, -0.2) is 0 Å². The van der Waals surface area contributed by atoms with Crippen LogP contribution in [0.2, 0.25) is 0 Å². The van der Waals surface area contributed by atoms with Crippen molar-refractivity contribution in [1.82, 2.24) is 25.2 Å². The molecule has 0 fully saturated rings. The lowest BCUT2D eigenvalue weighted by Crippen LogP contribution is -2.38. The summed E-state index contributed by atoms with van der Waals surface area (Å²) in [6, 6.07) is 14.6. The molecule has 2 N–H and O–H groups in total. The van der Waals surface area contributed by atoms with E-state index in [2.05, 4.69) is 57.0 Å². The SMILES string of the molecule is CN=C(NCCSCc1ccc(C)cc1)NCc1nnc2ccccn12. The Hall–Kier alpha value is -2.54. The van der Waals surface area contributed by atoms with E-state index in [-0.39, 0.29) is 0 Å². The summed E-state index contributed by atoms with van der Waals surface area (Å²) in [5.74, 6) is 3.67. The summed E-state index contributed by atoms with van der Waals surface area (Å²) < 4.78 is 1.97. The average Bonchev–Trinajstić information content (AvgIpc) is 3.08. The number of fused-ring (bicyclic) bond motifs is 1. The van der Waals surface area contributed by atoms with Crippen LogP contribution in [0.5, 0.6) is 0 Å². The smallest absolute Gasteiger partial charge is 0.191 e. The molecule has 0 spiro atoms. The maximum atomic E-state index is 4.26. The topological polar surface area (TPSA) is 66.6 Å². The molecule has 2 heterocycles. The normalized spacial score (nSPS) is 11.7. The highest BCUT2D eigenvalue weighted by Gasteiger charge is 2.05. The van der Waals surface area contributed by atoms with Gasteiger partial charge in [0, 0.05) is 31.3 Å². The monoisotopic (exact) mass is 368 g/mol. The first-order valence-electron chi connectivity index (χ1n) is 8.63. The fraction of sp³-hybridized carbons (Fsp3) is 0.316. The Balaban J connectivity index is 1.39. The fourth-order valence-corrected chi connectivity index (χ4v) is 3.33. The Labute approximate surface area is 158 Å². The van der Waals surface area contributed by atoms with Crippen LogP contribution < -0.4 is 10.6 Å². The van der Waals surface area contributed by atoms with Crippen LogP contribution >= 0.6 is 11.8 Å². The zero-order valence-electron chi connectivity index (χ0n) is 15.1. The summed E-state index contributed by atoms with van der Waals surface area (Å²) in [7, 11) is 1.77. The van der Waals surface area contributed by atoms with Crippen molar-refractivity contribution in [3.63, 3.8) is 0 Å². The van der Waals surface area contributed by atoms with E-state index < -0.39 is 0 Å². The van der Waals surface area contributed by atoms with Gasteiger partial charge in [-0.15, -0.1) is 10.2 Å². The molecule has 0 bridgehead atoms. The first-order valence-corrected chi connectivity index (χ1v) is 9.78. The van der Waals surface area contributed by atoms with Crippen molar-refractivity contribution in [1.29, 1.82) is 0 Å². The molecule has 0 atom stereocenters. The van der Waals surface area contributed by atoms with E-state index in [1.165, 1.54) is 11.1 Å². The van der Waals surface area contributed by atoms with Gasteiger partial charge in [-0.1, -0.05) is 35.9 Å².